The molecule has 0 spiro atoms. The molecule has 0 radical (unpaired) electrons. The molecular weight excluding hydrogens is 284 g/mol. The summed E-state index contributed by atoms with van der Waals surface area (Å²) in [5.41, 5.74) is 1.71. The van der Waals surface area contributed by atoms with Crippen molar-refractivity contribution in [2.75, 3.05) is 13.1 Å². The Labute approximate surface area is 122 Å². The van der Waals surface area contributed by atoms with E-state index in [9.17, 15) is 8.42 Å². The first-order valence-electron chi connectivity index (χ1n) is 6.17. The molecule has 0 heterocycles. The van der Waals surface area contributed by atoms with Crippen LogP contribution in [-0.4, -0.2) is 27.5 Å². The highest BCUT2D eigenvalue weighted by Gasteiger charge is 2.17. The van der Waals surface area contributed by atoms with Gasteiger partial charge in [-0.3, -0.25) is 0 Å². The molecule has 0 aliphatic carbocycles. The summed E-state index contributed by atoms with van der Waals surface area (Å²) in [4.78, 5) is 0.367. The van der Waals surface area contributed by atoms with E-state index in [-0.39, 0.29) is 18.4 Å². The minimum Gasteiger partial charge on any atom is -0.313 e. The number of hydrogen-bond donors (Lipinski definition) is 2. The maximum atomic E-state index is 12.2. The van der Waals surface area contributed by atoms with Gasteiger partial charge in [-0.2, -0.15) is 0 Å². The van der Waals surface area contributed by atoms with E-state index in [1.165, 1.54) is 0 Å². The van der Waals surface area contributed by atoms with E-state index in [0.717, 1.165) is 17.7 Å². The number of sulfonamides is 1. The lowest BCUT2D eigenvalue weighted by molar-refractivity contribution is 0.536. The Morgan fingerprint density at radius 2 is 1.89 bits per heavy atom. The van der Waals surface area contributed by atoms with E-state index < -0.39 is 10.0 Å². The maximum Gasteiger partial charge on any atom is 0.240 e. The fraction of sp³-hybridized carbons (Fsp3) is 0.538. The van der Waals surface area contributed by atoms with Gasteiger partial charge in [0.05, 0.1) is 4.90 Å². The Morgan fingerprint density at radius 3 is 2.47 bits per heavy atom. The van der Waals surface area contributed by atoms with Gasteiger partial charge in [-0.15, -0.1) is 12.4 Å². The normalized spacial score (nSPS) is 12.8. The molecule has 19 heavy (non-hydrogen) atoms. The highest BCUT2D eigenvalue weighted by Crippen LogP contribution is 2.16. The van der Waals surface area contributed by atoms with Crippen LogP contribution in [0.15, 0.2) is 23.1 Å². The van der Waals surface area contributed by atoms with E-state index in [1.807, 2.05) is 39.8 Å². The van der Waals surface area contributed by atoms with Gasteiger partial charge < -0.3 is 5.32 Å². The van der Waals surface area contributed by atoms with Crippen LogP contribution in [0.1, 0.15) is 25.0 Å². The van der Waals surface area contributed by atoms with Crippen molar-refractivity contribution in [2.24, 2.45) is 0 Å². The van der Waals surface area contributed by atoms with Crippen molar-refractivity contribution < 1.29 is 8.42 Å². The third-order valence-electron chi connectivity index (χ3n) is 2.77. The van der Waals surface area contributed by atoms with E-state index in [1.54, 1.807) is 6.07 Å². The molecule has 6 heteroatoms. The molecule has 0 amide bonds. The predicted molar refractivity (Wildman–Crippen MR) is 81.5 cm³/mol. The first-order chi connectivity index (χ1) is 8.36. The van der Waals surface area contributed by atoms with Crippen molar-refractivity contribution in [3.63, 3.8) is 0 Å². The molecule has 1 aromatic rings. The molecular formula is C13H23ClN2O2S. The summed E-state index contributed by atoms with van der Waals surface area (Å²) < 4.78 is 27.0. The van der Waals surface area contributed by atoms with Crippen LogP contribution in [0, 0.1) is 13.8 Å². The van der Waals surface area contributed by atoms with Crippen molar-refractivity contribution in [1.82, 2.24) is 10.0 Å². The number of benzene rings is 1. The van der Waals surface area contributed by atoms with Gasteiger partial charge in [0.25, 0.3) is 0 Å². The smallest absolute Gasteiger partial charge is 0.240 e. The second-order valence-electron chi connectivity index (χ2n) is 4.58. The SMILES string of the molecule is CCN[C@H](C)CNS(=O)(=O)c1cc(C)ccc1C.Cl. The lowest BCUT2D eigenvalue weighted by Gasteiger charge is -2.14. The molecule has 0 bridgehead atoms. The van der Waals surface area contributed by atoms with Gasteiger partial charge in [0.1, 0.15) is 0 Å². The van der Waals surface area contributed by atoms with E-state index in [0.29, 0.717) is 11.4 Å². The summed E-state index contributed by atoms with van der Waals surface area (Å²) in [5.74, 6) is 0. The molecule has 0 saturated carbocycles. The third-order valence-corrected chi connectivity index (χ3v) is 4.33. The van der Waals surface area contributed by atoms with Gasteiger partial charge >= 0.3 is 0 Å². The topological polar surface area (TPSA) is 58.2 Å². The van der Waals surface area contributed by atoms with Crippen LogP contribution in [0.5, 0.6) is 0 Å². The molecule has 1 atom stereocenters. The highest BCUT2D eigenvalue weighted by atomic mass is 35.5. The molecule has 110 valence electrons. The molecule has 0 aromatic heterocycles. The average molecular weight is 307 g/mol. The van der Waals surface area contributed by atoms with Crippen LogP contribution < -0.4 is 10.0 Å². The first-order valence-corrected chi connectivity index (χ1v) is 7.65. The molecule has 0 saturated heterocycles. The van der Waals surface area contributed by atoms with Gasteiger partial charge in [-0.1, -0.05) is 19.1 Å². The van der Waals surface area contributed by atoms with E-state index >= 15 is 0 Å². The van der Waals surface area contributed by atoms with Crippen molar-refractivity contribution in [2.45, 2.75) is 38.6 Å². The Kier molecular flexibility index (Phi) is 7.59. The molecule has 0 fully saturated rings. The summed E-state index contributed by atoms with van der Waals surface area (Å²) in [6.45, 7) is 8.86. The molecule has 0 aliphatic rings. The van der Waals surface area contributed by atoms with Crippen molar-refractivity contribution in [3.8, 4) is 0 Å². The Hall–Kier alpha value is -0.620. The molecule has 1 rings (SSSR count). The minimum atomic E-state index is -3.42. The van der Waals surface area contributed by atoms with Gasteiger partial charge in [-0.25, -0.2) is 13.1 Å². The Bertz CT molecular complexity index is 503. The molecule has 0 unspecified atom stereocenters. The average Bonchev–Trinajstić information content (AvgIpc) is 2.30. The molecule has 1 aromatic carbocycles. The quantitative estimate of drug-likeness (QED) is 0.845. The Balaban J connectivity index is 0.00000324. The summed E-state index contributed by atoms with van der Waals surface area (Å²) in [6.07, 6.45) is 0. The summed E-state index contributed by atoms with van der Waals surface area (Å²) in [5, 5.41) is 3.17. The van der Waals surface area contributed by atoms with E-state index in [4.69, 9.17) is 0 Å². The summed E-state index contributed by atoms with van der Waals surface area (Å²) >= 11 is 0. The van der Waals surface area contributed by atoms with Crippen LogP contribution >= 0.6 is 12.4 Å². The van der Waals surface area contributed by atoms with Crippen LogP contribution in [0.25, 0.3) is 0 Å². The van der Waals surface area contributed by atoms with Crippen LogP contribution in [0.3, 0.4) is 0 Å². The zero-order valence-corrected chi connectivity index (χ0v) is 13.5. The largest absolute Gasteiger partial charge is 0.313 e. The lowest BCUT2D eigenvalue weighted by Crippen LogP contribution is -2.38. The minimum absolute atomic E-state index is 0. The van der Waals surface area contributed by atoms with Crippen LogP contribution in [0.2, 0.25) is 0 Å². The zero-order valence-electron chi connectivity index (χ0n) is 11.9. The highest BCUT2D eigenvalue weighted by molar-refractivity contribution is 7.89. The van der Waals surface area contributed by atoms with Crippen LogP contribution in [0.4, 0.5) is 0 Å². The van der Waals surface area contributed by atoms with Crippen molar-refractivity contribution >= 4 is 22.4 Å². The van der Waals surface area contributed by atoms with Crippen molar-refractivity contribution in [3.05, 3.63) is 29.3 Å². The zero-order chi connectivity index (χ0) is 13.8. The van der Waals surface area contributed by atoms with Gasteiger partial charge in [-0.05, 0) is 44.5 Å². The predicted octanol–water partition coefficient (Wildman–Crippen LogP) is 2.00. The van der Waals surface area contributed by atoms with E-state index in [2.05, 4.69) is 10.0 Å². The fourth-order valence-corrected chi connectivity index (χ4v) is 3.19. The van der Waals surface area contributed by atoms with Gasteiger partial charge in [0.2, 0.25) is 10.0 Å². The molecule has 2 N–H and O–H groups in total. The summed E-state index contributed by atoms with van der Waals surface area (Å²) in [6, 6.07) is 5.57. The molecule has 4 nitrogen and oxygen atoms in total. The third kappa shape index (κ3) is 5.48. The fourth-order valence-electron chi connectivity index (χ4n) is 1.73. The van der Waals surface area contributed by atoms with Gasteiger partial charge in [0, 0.05) is 12.6 Å². The number of rotatable bonds is 6. The Morgan fingerprint density at radius 1 is 1.26 bits per heavy atom. The second-order valence-corrected chi connectivity index (χ2v) is 6.31. The first kappa shape index (κ1) is 18.4. The maximum absolute atomic E-state index is 12.2. The van der Waals surface area contributed by atoms with Crippen LogP contribution in [-0.2, 0) is 10.0 Å². The molecule has 0 aliphatic heterocycles. The number of nitrogens with one attached hydrogen (secondary N) is 2. The monoisotopic (exact) mass is 306 g/mol. The number of aryl methyl sites for hydroxylation is 2. The lowest BCUT2D eigenvalue weighted by atomic mass is 10.2. The van der Waals surface area contributed by atoms with Gasteiger partial charge in [0.15, 0.2) is 0 Å². The van der Waals surface area contributed by atoms with Crippen molar-refractivity contribution in [1.29, 1.82) is 0 Å². The summed E-state index contributed by atoms with van der Waals surface area (Å²) in [7, 11) is -3.42. The standard InChI is InChI=1S/C13H22N2O2S.ClH/c1-5-14-12(4)9-15-18(16,17)13-8-10(2)6-7-11(13)3;/h6-8,12,14-15H,5,9H2,1-4H3;1H/t12-;/m1./s1. The number of hydrogen-bond acceptors (Lipinski definition) is 3. The number of likely N-dealkylation sites (N-methyl/N-ethyl adjacent to an activating group) is 1. The number of halogens is 1. The second kappa shape index (κ2) is 7.85.